The number of carbonyl (C=O) groups excluding carboxylic acids is 1. The Balaban J connectivity index is 1.99. The Bertz CT molecular complexity index is 548. The summed E-state index contributed by atoms with van der Waals surface area (Å²) in [4.78, 5) is 12.7. The van der Waals surface area contributed by atoms with Gasteiger partial charge in [-0.1, -0.05) is 24.3 Å². The van der Waals surface area contributed by atoms with Gasteiger partial charge in [-0.05, 0) is 35.1 Å². The van der Waals surface area contributed by atoms with Crippen molar-refractivity contribution in [3.8, 4) is 0 Å². The van der Waals surface area contributed by atoms with Crippen LogP contribution in [0.25, 0.3) is 0 Å². The fourth-order valence-electron chi connectivity index (χ4n) is 1.73. The number of benzene rings is 1. The van der Waals surface area contributed by atoms with Gasteiger partial charge in [0.15, 0.2) is 0 Å². The Kier molecular flexibility index (Phi) is 4.12. The number of nitrogens with two attached hydrogens (primary N) is 1. The summed E-state index contributed by atoms with van der Waals surface area (Å²) in [5, 5.41) is 4.85. The largest absolute Gasteiger partial charge is 0.347 e. The van der Waals surface area contributed by atoms with Crippen LogP contribution in [0.15, 0.2) is 35.7 Å². The number of carbonyl (C=O) groups is 1. The smallest absolute Gasteiger partial charge is 0.261 e. The number of rotatable bonds is 4. The normalized spacial score (nSPS) is 10.3. The number of aryl methyl sites for hydroxylation is 1. The van der Waals surface area contributed by atoms with E-state index in [0.717, 1.165) is 21.6 Å². The second kappa shape index (κ2) is 5.80. The van der Waals surface area contributed by atoms with Gasteiger partial charge >= 0.3 is 0 Å². The molecule has 0 aliphatic carbocycles. The van der Waals surface area contributed by atoms with Crippen LogP contribution in [0.2, 0.25) is 0 Å². The first-order valence-corrected chi connectivity index (χ1v) is 6.69. The number of thiophene rings is 1. The number of nitrogens with one attached hydrogen (secondary N) is 1. The molecule has 3 N–H and O–H groups in total. The molecule has 0 radical (unpaired) electrons. The van der Waals surface area contributed by atoms with Crippen molar-refractivity contribution >= 4 is 17.2 Å². The zero-order chi connectivity index (χ0) is 13.0. The summed E-state index contributed by atoms with van der Waals surface area (Å²) in [6.45, 7) is 3.00. The zero-order valence-corrected chi connectivity index (χ0v) is 11.1. The van der Waals surface area contributed by atoms with Crippen molar-refractivity contribution in [1.29, 1.82) is 0 Å². The van der Waals surface area contributed by atoms with Crippen molar-refractivity contribution in [2.24, 2.45) is 5.73 Å². The summed E-state index contributed by atoms with van der Waals surface area (Å²) in [5.74, 6) is -0.0133. The van der Waals surface area contributed by atoms with E-state index in [1.807, 2.05) is 42.6 Å². The fourth-order valence-corrected chi connectivity index (χ4v) is 2.58. The van der Waals surface area contributed by atoms with Crippen LogP contribution < -0.4 is 11.1 Å². The molecule has 0 spiro atoms. The lowest BCUT2D eigenvalue weighted by atomic mass is 10.1. The maximum absolute atomic E-state index is 11.9. The molecule has 0 saturated carbocycles. The van der Waals surface area contributed by atoms with E-state index in [4.69, 9.17) is 5.73 Å². The van der Waals surface area contributed by atoms with Crippen LogP contribution in [0.3, 0.4) is 0 Å². The topological polar surface area (TPSA) is 55.1 Å². The molecule has 1 aromatic carbocycles. The predicted octanol–water partition coefficient (Wildman–Crippen LogP) is 2.45. The number of hydrogen-bond donors (Lipinski definition) is 2. The van der Waals surface area contributed by atoms with E-state index in [2.05, 4.69) is 5.32 Å². The first kappa shape index (κ1) is 12.8. The Morgan fingerprint density at radius 1 is 1.33 bits per heavy atom. The van der Waals surface area contributed by atoms with Gasteiger partial charge in [-0.2, -0.15) is 0 Å². The molecule has 0 fully saturated rings. The summed E-state index contributed by atoms with van der Waals surface area (Å²) < 4.78 is 0. The molecule has 1 amide bonds. The Morgan fingerprint density at radius 3 is 2.78 bits per heavy atom. The summed E-state index contributed by atoms with van der Waals surface area (Å²) in [6.07, 6.45) is 0. The summed E-state index contributed by atoms with van der Waals surface area (Å²) in [5.41, 5.74) is 8.76. The molecule has 2 aromatic rings. The molecule has 1 aromatic heterocycles. The van der Waals surface area contributed by atoms with Gasteiger partial charge in [-0.25, -0.2) is 0 Å². The summed E-state index contributed by atoms with van der Waals surface area (Å²) in [7, 11) is 0. The van der Waals surface area contributed by atoms with Crippen LogP contribution in [0.4, 0.5) is 0 Å². The van der Waals surface area contributed by atoms with E-state index >= 15 is 0 Å². The van der Waals surface area contributed by atoms with Gasteiger partial charge in [-0.15, -0.1) is 11.3 Å². The van der Waals surface area contributed by atoms with E-state index in [1.165, 1.54) is 11.3 Å². The van der Waals surface area contributed by atoms with E-state index in [9.17, 15) is 4.79 Å². The lowest BCUT2D eigenvalue weighted by Gasteiger charge is -2.06. The van der Waals surface area contributed by atoms with Crippen molar-refractivity contribution in [3.63, 3.8) is 0 Å². The molecule has 0 atom stereocenters. The molecule has 1 heterocycles. The van der Waals surface area contributed by atoms with E-state index in [1.54, 1.807) is 0 Å². The molecule has 2 rings (SSSR count). The highest BCUT2D eigenvalue weighted by molar-refractivity contribution is 7.12. The third kappa shape index (κ3) is 2.97. The third-order valence-electron chi connectivity index (χ3n) is 2.75. The van der Waals surface area contributed by atoms with Gasteiger partial charge in [0.2, 0.25) is 0 Å². The number of hydrogen-bond acceptors (Lipinski definition) is 3. The molecule has 18 heavy (non-hydrogen) atoms. The molecular weight excluding hydrogens is 244 g/mol. The highest BCUT2D eigenvalue weighted by Crippen LogP contribution is 2.15. The third-order valence-corrected chi connectivity index (χ3v) is 3.76. The zero-order valence-electron chi connectivity index (χ0n) is 10.3. The molecule has 0 bridgehead atoms. The van der Waals surface area contributed by atoms with E-state index in [-0.39, 0.29) is 5.91 Å². The average Bonchev–Trinajstić information content (AvgIpc) is 2.82. The molecule has 0 saturated heterocycles. The lowest BCUT2D eigenvalue weighted by molar-refractivity contribution is 0.0954. The fraction of sp³-hybridized carbons (Fsp3) is 0.214. The molecular formula is C14H16N2OS. The lowest BCUT2D eigenvalue weighted by Crippen LogP contribution is -2.22. The van der Waals surface area contributed by atoms with E-state index < -0.39 is 0 Å². The molecule has 0 aliphatic rings. The first-order valence-electron chi connectivity index (χ1n) is 5.81. The highest BCUT2D eigenvalue weighted by Gasteiger charge is 2.09. The quantitative estimate of drug-likeness (QED) is 0.887. The minimum absolute atomic E-state index is 0.0133. The van der Waals surface area contributed by atoms with Gasteiger partial charge in [0.25, 0.3) is 5.91 Å². The molecule has 4 heteroatoms. The van der Waals surface area contributed by atoms with Crippen LogP contribution in [-0.2, 0) is 13.1 Å². The van der Waals surface area contributed by atoms with Gasteiger partial charge in [0, 0.05) is 13.1 Å². The van der Waals surface area contributed by atoms with Crippen molar-refractivity contribution in [2.75, 3.05) is 0 Å². The van der Waals surface area contributed by atoms with E-state index in [0.29, 0.717) is 13.1 Å². The van der Waals surface area contributed by atoms with Crippen LogP contribution in [-0.4, -0.2) is 5.91 Å². The minimum atomic E-state index is -0.0133. The van der Waals surface area contributed by atoms with Gasteiger partial charge < -0.3 is 11.1 Å². The number of amides is 1. The van der Waals surface area contributed by atoms with Crippen LogP contribution in [0.1, 0.15) is 26.4 Å². The van der Waals surface area contributed by atoms with Crippen molar-refractivity contribution in [2.45, 2.75) is 20.0 Å². The van der Waals surface area contributed by atoms with Crippen molar-refractivity contribution in [3.05, 3.63) is 57.3 Å². The Morgan fingerprint density at radius 2 is 2.11 bits per heavy atom. The predicted molar refractivity (Wildman–Crippen MR) is 74.6 cm³/mol. The summed E-state index contributed by atoms with van der Waals surface area (Å²) in [6, 6.07) is 9.89. The van der Waals surface area contributed by atoms with Crippen LogP contribution in [0, 0.1) is 6.92 Å². The minimum Gasteiger partial charge on any atom is -0.347 e. The Labute approximate surface area is 111 Å². The maximum atomic E-state index is 11.9. The second-order valence-electron chi connectivity index (χ2n) is 4.14. The first-order chi connectivity index (χ1) is 8.70. The standard InChI is InChI=1S/C14H16N2OS/c1-10-5-6-18-13(10)14(17)16-9-12-4-2-3-11(7-12)8-15/h2-7H,8-9,15H2,1H3,(H,16,17). The Hall–Kier alpha value is -1.65. The SMILES string of the molecule is Cc1ccsc1C(=O)NCc1cccc(CN)c1. The van der Waals surface area contributed by atoms with Crippen LogP contribution in [0.5, 0.6) is 0 Å². The molecule has 94 valence electrons. The van der Waals surface area contributed by atoms with Gasteiger partial charge in [-0.3, -0.25) is 4.79 Å². The van der Waals surface area contributed by atoms with Crippen molar-refractivity contribution in [1.82, 2.24) is 5.32 Å². The monoisotopic (exact) mass is 260 g/mol. The van der Waals surface area contributed by atoms with Crippen molar-refractivity contribution < 1.29 is 4.79 Å². The average molecular weight is 260 g/mol. The summed E-state index contributed by atoms with van der Waals surface area (Å²) >= 11 is 1.47. The second-order valence-corrected chi connectivity index (χ2v) is 5.06. The van der Waals surface area contributed by atoms with Crippen LogP contribution >= 0.6 is 11.3 Å². The van der Waals surface area contributed by atoms with Gasteiger partial charge in [0.05, 0.1) is 4.88 Å². The maximum Gasteiger partial charge on any atom is 0.261 e. The molecule has 0 unspecified atom stereocenters. The highest BCUT2D eigenvalue weighted by atomic mass is 32.1. The molecule has 3 nitrogen and oxygen atoms in total. The molecule has 0 aliphatic heterocycles. The van der Waals surface area contributed by atoms with Gasteiger partial charge in [0.1, 0.15) is 0 Å².